The summed E-state index contributed by atoms with van der Waals surface area (Å²) in [4.78, 5) is 25.5. The third-order valence-corrected chi connectivity index (χ3v) is 4.48. The first kappa shape index (κ1) is 15.6. The third-order valence-electron chi connectivity index (χ3n) is 4.48. The number of rotatable bonds is 4. The van der Waals surface area contributed by atoms with Crippen LogP contribution in [-0.2, 0) is 0 Å². The normalized spacial score (nSPS) is 15.2. The van der Waals surface area contributed by atoms with Crippen molar-refractivity contribution < 1.29 is 9.21 Å². The van der Waals surface area contributed by atoms with Gasteiger partial charge < -0.3 is 15.1 Å². The number of hydrogen-bond acceptors (Lipinski definition) is 6. The van der Waals surface area contributed by atoms with Crippen LogP contribution in [0.5, 0.6) is 0 Å². The molecule has 128 valence electrons. The molecule has 2 N–H and O–H groups in total. The van der Waals surface area contributed by atoms with Crippen LogP contribution in [0.4, 0.5) is 11.5 Å². The molecule has 7 heteroatoms. The zero-order valence-corrected chi connectivity index (χ0v) is 14.4. The van der Waals surface area contributed by atoms with Gasteiger partial charge in [-0.3, -0.25) is 9.78 Å². The second kappa shape index (κ2) is 5.54. The molecule has 0 saturated heterocycles. The summed E-state index contributed by atoms with van der Waals surface area (Å²) in [6.45, 7) is 5.78. The Balaban J connectivity index is 1.73. The summed E-state index contributed by atoms with van der Waals surface area (Å²) in [5, 5.41) is 6.89. The van der Waals surface area contributed by atoms with E-state index in [4.69, 9.17) is 4.42 Å². The van der Waals surface area contributed by atoms with Crippen molar-refractivity contribution in [1.82, 2.24) is 15.0 Å². The van der Waals surface area contributed by atoms with Crippen LogP contribution >= 0.6 is 0 Å². The summed E-state index contributed by atoms with van der Waals surface area (Å²) in [7, 11) is 0. The largest absolute Gasteiger partial charge is 0.442 e. The van der Waals surface area contributed by atoms with Crippen molar-refractivity contribution in [3.8, 4) is 0 Å². The fraction of sp³-hybridized carbons (Fsp3) is 0.333. The third kappa shape index (κ3) is 2.93. The molecule has 4 rings (SSSR count). The lowest BCUT2D eigenvalue weighted by Gasteiger charge is -2.13. The molecule has 7 nitrogen and oxygen atoms in total. The number of nitrogens with one attached hydrogen (secondary N) is 2. The lowest BCUT2D eigenvalue weighted by Crippen LogP contribution is -2.18. The van der Waals surface area contributed by atoms with E-state index < -0.39 is 0 Å². The minimum absolute atomic E-state index is 0.0289. The number of pyridine rings is 1. The molecule has 0 spiro atoms. The summed E-state index contributed by atoms with van der Waals surface area (Å²) in [6, 6.07) is 3.67. The zero-order chi connectivity index (χ0) is 17.6. The fourth-order valence-corrected chi connectivity index (χ4v) is 2.75. The number of carbonyl (C=O) groups excluding carboxylic acids is 1. The lowest BCUT2D eigenvalue weighted by molar-refractivity contribution is 0.102. The highest BCUT2D eigenvalue weighted by Gasteiger charge is 2.38. The number of aromatic nitrogens is 3. The quantitative estimate of drug-likeness (QED) is 0.757. The molecule has 0 atom stereocenters. The summed E-state index contributed by atoms with van der Waals surface area (Å²) >= 11 is 0. The smallest absolute Gasteiger partial charge is 0.260 e. The maximum Gasteiger partial charge on any atom is 0.260 e. The van der Waals surface area contributed by atoms with E-state index in [1.165, 1.54) is 6.33 Å². The van der Waals surface area contributed by atoms with Crippen LogP contribution < -0.4 is 10.6 Å². The maximum absolute atomic E-state index is 12.8. The van der Waals surface area contributed by atoms with Crippen LogP contribution in [0.15, 0.2) is 29.1 Å². The fourth-order valence-electron chi connectivity index (χ4n) is 2.75. The Morgan fingerprint density at radius 2 is 2.00 bits per heavy atom. The van der Waals surface area contributed by atoms with Gasteiger partial charge in [0.1, 0.15) is 17.9 Å². The van der Waals surface area contributed by atoms with E-state index in [1.54, 1.807) is 13.1 Å². The SMILES string of the molecule is Cc1ccc(NC(=O)c2c(C)oc3ncnc(NC4(C)CC4)c23)cn1. The second-order valence-corrected chi connectivity index (χ2v) is 6.76. The molecule has 0 bridgehead atoms. The number of amides is 1. The molecular weight excluding hydrogens is 318 g/mol. The molecule has 0 aromatic carbocycles. The van der Waals surface area contributed by atoms with Crippen molar-refractivity contribution in [3.63, 3.8) is 0 Å². The first-order valence-electron chi connectivity index (χ1n) is 8.21. The van der Waals surface area contributed by atoms with Gasteiger partial charge in [0.2, 0.25) is 5.71 Å². The van der Waals surface area contributed by atoms with Gasteiger partial charge in [0.15, 0.2) is 0 Å². The van der Waals surface area contributed by atoms with E-state index >= 15 is 0 Å². The first-order valence-corrected chi connectivity index (χ1v) is 8.21. The predicted octanol–water partition coefficient (Wildman–Crippen LogP) is 3.45. The van der Waals surface area contributed by atoms with Crippen molar-refractivity contribution in [2.24, 2.45) is 0 Å². The van der Waals surface area contributed by atoms with Crippen molar-refractivity contribution >= 4 is 28.5 Å². The van der Waals surface area contributed by atoms with E-state index in [1.807, 2.05) is 19.1 Å². The van der Waals surface area contributed by atoms with Gasteiger partial charge in [-0.05, 0) is 45.7 Å². The van der Waals surface area contributed by atoms with Crippen molar-refractivity contribution in [3.05, 3.63) is 41.7 Å². The minimum Gasteiger partial charge on any atom is -0.442 e. The Morgan fingerprint density at radius 1 is 1.20 bits per heavy atom. The number of aryl methyl sites for hydroxylation is 2. The van der Waals surface area contributed by atoms with Gasteiger partial charge in [-0.15, -0.1) is 0 Å². The molecule has 25 heavy (non-hydrogen) atoms. The first-order chi connectivity index (χ1) is 12.0. The molecule has 1 aliphatic carbocycles. The average Bonchev–Trinajstić information content (AvgIpc) is 3.18. The van der Waals surface area contributed by atoms with E-state index in [0.717, 1.165) is 18.5 Å². The molecule has 1 amide bonds. The summed E-state index contributed by atoms with van der Waals surface area (Å²) < 4.78 is 5.68. The average molecular weight is 337 g/mol. The highest BCUT2D eigenvalue weighted by atomic mass is 16.3. The molecule has 3 aromatic rings. The van der Waals surface area contributed by atoms with Crippen molar-refractivity contribution in [2.75, 3.05) is 10.6 Å². The topological polar surface area (TPSA) is 92.9 Å². The Hall–Kier alpha value is -2.96. The Morgan fingerprint density at radius 3 is 2.68 bits per heavy atom. The van der Waals surface area contributed by atoms with Crippen LogP contribution in [0.3, 0.4) is 0 Å². The van der Waals surface area contributed by atoms with Gasteiger partial charge in [-0.2, -0.15) is 0 Å². The second-order valence-electron chi connectivity index (χ2n) is 6.76. The Kier molecular flexibility index (Phi) is 3.45. The number of hydrogen-bond donors (Lipinski definition) is 2. The Bertz CT molecular complexity index is 958. The maximum atomic E-state index is 12.8. The standard InChI is InChI=1S/C18H19N5O2/c1-10-4-5-12(8-19-10)22-16(24)13-11(2)25-17-14(13)15(20-9-21-17)23-18(3)6-7-18/h4-5,8-9H,6-7H2,1-3H3,(H,22,24)(H,20,21,23). The van der Waals surface area contributed by atoms with Gasteiger partial charge in [0.25, 0.3) is 5.91 Å². The van der Waals surface area contributed by atoms with Gasteiger partial charge in [-0.25, -0.2) is 9.97 Å². The van der Waals surface area contributed by atoms with Crippen LogP contribution in [0.2, 0.25) is 0 Å². The summed E-state index contributed by atoms with van der Waals surface area (Å²) in [5.41, 5.74) is 2.40. The van der Waals surface area contributed by atoms with E-state index in [0.29, 0.717) is 33.9 Å². The van der Waals surface area contributed by atoms with E-state index in [9.17, 15) is 4.79 Å². The molecule has 0 radical (unpaired) electrons. The van der Waals surface area contributed by atoms with Gasteiger partial charge in [0.05, 0.1) is 22.8 Å². The molecule has 3 heterocycles. The highest BCUT2D eigenvalue weighted by Crippen LogP contribution is 2.40. The van der Waals surface area contributed by atoms with Crippen molar-refractivity contribution in [2.45, 2.75) is 39.2 Å². The van der Waals surface area contributed by atoms with Crippen LogP contribution in [0.25, 0.3) is 11.1 Å². The van der Waals surface area contributed by atoms with Gasteiger partial charge >= 0.3 is 0 Å². The van der Waals surface area contributed by atoms with E-state index in [2.05, 4.69) is 32.5 Å². The number of carbonyl (C=O) groups is 1. The zero-order valence-electron chi connectivity index (χ0n) is 14.4. The van der Waals surface area contributed by atoms with Gasteiger partial charge in [0, 0.05) is 11.2 Å². The monoisotopic (exact) mass is 337 g/mol. The van der Waals surface area contributed by atoms with Crippen LogP contribution in [0, 0.1) is 13.8 Å². The summed E-state index contributed by atoms with van der Waals surface area (Å²) in [5.74, 6) is 0.881. The number of furan rings is 1. The summed E-state index contributed by atoms with van der Waals surface area (Å²) in [6.07, 6.45) is 5.23. The predicted molar refractivity (Wildman–Crippen MR) is 94.7 cm³/mol. The molecule has 0 aliphatic heterocycles. The van der Waals surface area contributed by atoms with Crippen LogP contribution in [-0.4, -0.2) is 26.4 Å². The number of anilines is 2. The molecule has 1 saturated carbocycles. The minimum atomic E-state index is -0.263. The van der Waals surface area contributed by atoms with Crippen molar-refractivity contribution in [1.29, 1.82) is 0 Å². The molecule has 1 aliphatic rings. The highest BCUT2D eigenvalue weighted by molar-refractivity contribution is 6.15. The molecule has 3 aromatic heterocycles. The van der Waals surface area contributed by atoms with Crippen LogP contribution in [0.1, 0.15) is 41.6 Å². The van der Waals surface area contributed by atoms with Gasteiger partial charge in [-0.1, -0.05) is 0 Å². The van der Waals surface area contributed by atoms with E-state index in [-0.39, 0.29) is 11.4 Å². The number of nitrogens with zero attached hydrogens (tertiary/aromatic N) is 3. The molecule has 0 unspecified atom stereocenters. The lowest BCUT2D eigenvalue weighted by atomic mass is 10.1. The molecule has 1 fully saturated rings. The molecular formula is C18H19N5O2. The number of fused-ring (bicyclic) bond motifs is 1. The Labute approximate surface area is 144 Å².